The first kappa shape index (κ1) is 13.7. The third-order valence-corrected chi connectivity index (χ3v) is 2.69. The van der Waals surface area contributed by atoms with Crippen molar-refractivity contribution < 1.29 is 9.90 Å². The zero-order valence-electron chi connectivity index (χ0n) is 10.9. The lowest BCUT2D eigenvalue weighted by molar-refractivity contribution is -0.144. The van der Waals surface area contributed by atoms with Crippen LogP contribution in [0, 0.1) is 6.92 Å². The summed E-state index contributed by atoms with van der Waals surface area (Å²) in [6.07, 6.45) is 2.37. The number of aryl methyl sites for hydroxylation is 2. The van der Waals surface area contributed by atoms with Crippen LogP contribution in [0.1, 0.15) is 32.9 Å². The molecule has 1 atom stereocenters. The van der Waals surface area contributed by atoms with E-state index in [1.165, 1.54) is 0 Å². The zero-order chi connectivity index (χ0) is 13.1. The maximum absolute atomic E-state index is 11.3. The van der Waals surface area contributed by atoms with Gasteiger partial charge < -0.3 is 5.11 Å². The van der Waals surface area contributed by atoms with Crippen molar-refractivity contribution >= 4 is 5.97 Å². The lowest BCUT2D eigenvalue weighted by atomic mass is 9.97. The molecule has 1 rings (SSSR count). The van der Waals surface area contributed by atoms with Crippen LogP contribution in [0.4, 0.5) is 0 Å². The molecule has 96 valence electrons. The first-order valence-electron chi connectivity index (χ1n) is 5.84. The molecular formula is C12H21N3O2. The van der Waals surface area contributed by atoms with Gasteiger partial charge in [0, 0.05) is 18.8 Å². The van der Waals surface area contributed by atoms with Crippen molar-refractivity contribution in [2.75, 3.05) is 0 Å². The summed E-state index contributed by atoms with van der Waals surface area (Å²) in [6, 6.07) is 2.05. The van der Waals surface area contributed by atoms with Crippen LogP contribution in [-0.2, 0) is 11.3 Å². The molecular weight excluding hydrogens is 218 g/mol. The van der Waals surface area contributed by atoms with Crippen LogP contribution >= 0.6 is 0 Å². The minimum Gasteiger partial charge on any atom is -0.480 e. The normalized spacial score (nSPS) is 14.9. The lowest BCUT2D eigenvalue weighted by Gasteiger charge is -2.28. The standard InChI is InChI=1S/C12H21N3O2/c1-9(2)13-12(4,11(16)17)6-8-15-7-5-10(3)14-15/h5,7,9,13H,6,8H2,1-4H3,(H,16,17). The molecule has 0 bridgehead atoms. The molecule has 0 amide bonds. The van der Waals surface area contributed by atoms with Gasteiger partial charge in [-0.3, -0.25) is 14.8 Å². The Labute approximate surface area is 102 Å². The molecule has 1 unspecified atom stereocenters. The topological polar surface area (TPSA) is 67.2 Å². The highest BCUT2D eigenvalue weighted by atomic mass is 16.4. The van der Waals surface area contributed by atoms with E-state index in [0.29, 0.717) is 13.0 Å². The summed E-state index contributed by atoms with van der Waals surface area (Å²) >= 11 is 0. The predicted octanol–water partition coefficient (Wildman–Crippen LogP) is 1.42. The summed E-state index contributed by atoms with van der Waals surface area (Å²) in [5.41, 5.74) is 0.0347. The van der Waals surface area contributed by atoms with Gasteiger partial charge in [-0.15, -0.1) is 0 Å². The van der Waals surface area contributed by atoms with Gasteiger partial charge >= 0.3 is 5.97 Å². The average molecular weight is 239 g/mol. The fraction of sp³-hybridized carbons (Fsp3) is 0.667. The molecule has 2 N–H and O–H groups in total. The van der Waals surface area contributed by atoms with Crippen LogP contribution in [-0.4, -0.2) is 32.4 Å². The average Bonchev–Trinajstić information content (AvgIpc) is 2.60. The third-order valence-electron chi connectivity index (χ3n) is 2.69. The summed E-state index contributed by atoms with van der Waals surface area (Å²) in [4.78, 5) is 11.3. The predicted molar refractivity (Wildman–Crippen MR) is 65.9 cm³/mol. The van der Waals surface area contributed by atoms with E-state index < -0.39 is 11.5 Å². The molecule has 1 aromatic heterocycles. The Morgan fingerprint density at radius 3 is 2.71 bits per heavy atom. The SMILES string of the molecule is Cc1ccn(CCC(C)(NC(C)C)C(=O)O)n1. The molecule has 1 aromatic rings. The van der Waals surface area contributed by atoms with Crippen LogP contribution in [0.5, 0.6) is 0 Å². The Morgan fingerprint density at radius 1 is 1.65 bits per heavy atom. The maximum atomic E-state index is 11.3. The smallest absolute Gasteiger partial charge is 0.323 e. The molecule has 17 heavy (non-hydrogen) atoms. The summed E-state index contributed by atoms with van der Waals surface area (Å²) < 4.78 is 1.78. The van der Waals surface area contributed by atoms with Gasteiger partial charge in [0.05, 0.1) is 5.69 Å². The number of aromatic nitrogens is 2. The van der Waals surface area contributed by atoms with E-state index in [-0.39, 0.29) is 6.04 Å². The third kappa shape index (κ3) is 3.85. The van der Waals surface area contributed by atoms with E-state index in [4.69, 9.17) is 0 Å². The second kappa shape index (κ2) is 5.31. The molecule has 1 heterocycles. The number of aliphatic carboxylic acids is 1. The highest BCUT2D eigenvalue weighted by Crippen LogP contribution is 2.13. The van der Waals surface area contributed by atoms with Crippen molar-refractivity contribution in [1.29, 1.82) is 0 Å². The van der Waals surface area contributed by atoms with Crippen LogP contribution in [0.2, 0.25) is 0 Å². The van der Waals surface area contributed by atoms with Gasteiger partial charge in [-0.05, 0) is 40.2 Å². The Balaban J connectivity index is 2.64. The zero-order valence-corrected chi connectivity index (χ0v) is 10.9. The number of carbonyl (C=O) groups is 1. The molecule has 5 nitrogen and oxygen atoms in total. The first-order valence-corrected chi connectivity index (χ1v) is 5.84. The number of hydrogen-bond donors (Lipinski definition) is 2. The molecule has 0 aliphatic heterocycles. The molecule has 0 aromatic carbocycles. The van der Waals surface area contributed by atoms with Crippen molar-refractivity contribution in [3.8, 4) is 0 Å². The van der Waals surface area contributed by atoms with E-state index in [9.17, 15) is 9.90 Å². The fourth-order valence-corrected chi connectivity index (χ4v) is 1.80. The quantitative estimate of drug-likeness (QED) is 0.788. The van der Waals surface area contributed by atoms with Crippen molar-refractivity contribution in [2.45, 2.75) is 52.2 Å². The fourth-order valence-electron chi connectivity index (χ4n) is 1.80. The van der Waals surface area contributed by atoms with E-state index in [2.05, 4.69) is 10.4 Å². The minimum atomic E-state index is -0.909. The second-order valence-electron chi connectivity index (χ2n) is 4.91. The van der Waals surface area contributed by atoms with Crippen molar-refractivity contribution in [1.82, 2.24) is 15.1 Å². The molecule has 0 aliphatic carbocycles. The van der Waals surface area contributed by atoms with Crippen LogP contribution in [0.3, 0.4) is 0 Å². The second-order valence-corrected chi connectivity index (χ2v) is 4.91. The molecule has 0 spiro atoms. The number of carboxylic acid groups (broad SMARTS) is 1. The number of carboxylic acids is 1. The Bertz CT molecular complexity index is 387. The molecule has 5 heteroatoms. The van der Waals surface area contributed by atoms with Crippen LogP contribution < -0.4 is 5.32 Å². The minimum absolute atomic E-state index is 0.135. The summed E-state index contributed by atoms with van der Waals surface area (Å²) in [5, 5.41) is 16.6. The summed E-state index contributed by atoms with van der Waals surface area (Å²) in [6.45, 7) is 8.11. The first-order chi connectivity index (χ1) is 7.83. The van der Waals surface area contributed by atoms with Crippen molar-refractivity contribution in [3.63, 3.8) is 0 Å². The van der Waals surface area contributed by atoms with Gasteiger partial charge in [0.1, 0.15) is 5.54 Å². The summed E-state index contributed by atoms with van der Waals surface area (Å²) in [7, 11) is 0. The molecule has 0 radical (unpaired) electrons. The van der Waals surface area contributed by atoms with E-state index in [1.807, 2.05) is 33.0 Å². The number of rotatable bonds is 6. The highest BCUT2D eigenvalue weighted by molar-refractivity contribution is 5.78. The van der Waals surface area contributed by atoms with Gasteiger partial charge in [-0.1, -0.05) is 0 Å². The van der Waals surface area contributed by atoms with Crippen molar-refractivity contribution in [3.05, 3.63) is 18.0 Å². The number of hydrogen-bond acceptors (Lipinski definition) is 3. The summed E-state index contributed by atoms with van der Waals surface area (Å²) in [5.74, 6) is -0.824. The van der Waals surface area contributed by atoms with Gasteiger partial charge in [0.15, 0.2) is 0 Å². The number of nitrogens with one attached hydrogen (secondary N) is 1. The Hall–Kier alpha value is -1.36. The molecule has 0 saturated carbocycles. The molecule has 0 fully saturated rings. The molecule has 0 saturated heterocycles. The Kier molecular flexibility index (Phi) is 4.28. The monoisotopic (exact) mass is 239 g/mol. The lowest BCUT2D eigenvalue weighted by Crippen LogP contribution is -2.52. The van der Waals surface area contributed by atoms with E-state index >= 15 is 0 Å². The van der Waals surface area contributed by atoms with E-state index in [0.717, 1.165) is 5.69 Å². The van der Waals surface area contributed by atoms with Gasteiger partial charge in [0.25, 0.3) is 0 Å². The number of nitrogens with zero attached hydrogens (tertiary/aromatic N) is 2. The van der Waals surface area contributed by atoms with E-state index in [1.54, 1.807) is 11.6 Å². The van der Waals surface area contributed by atoms with Gasteiger partial charge in [-0.25, -0.2) is 0 Å². The highest BCUT2D eigenvalue weighted by Gasteiger charge is 2.33. The van der Waals surface area contributed by atoms with Crippen molar-refractivity contribution in [2.24, 2.45) is 0 Å². The van der Waals surface area contributed by atoms with Crippen LogP contribution in [0.25, 0.3) is 0 Å². The van der Waals surface area contributed by atoms with Gasteiger partial charge in [-0.2, -0.15) is 5.10 Å². The molecule has 0 aliphatic rings. The van der Waals surface area contributed by atoms with Crippen LogP contribution in [0.15, 0.2) is 12.3 Å². The maximum Gasteiger partial charge on any atom is 0.323 e. The Morgan fingerprint density at radius 2 is 2.29 bits per heavy atom. The largest absolute Gasteiger partial charge is 0.480 e. The van der Waals surface area contributed by atoms with Gasteiger partial charge in [0.2, 0.25) is 0 Å².